The molecule has 11 heteroatoms. The molecule has 268 valence electrons. The molecule has 3 fully saturated rings. The van der Waals surface area contributed by atoms with E-state index in [1.54, 1.807) is 6.20 Å². The number of carbonyl (C=O) groups excluding carboxylic acids is 2. The van der Waals surface area contributed by atoms with Gasteiger partial charge in [-0.3, -0.25) is 9.36 Å². The van der Waals surface area contributed by atoms with Crippen molar-refractivity contribution in [3.05, 3.63) is 84.6 Å². The molecule has 3 N–H and O–H groups in total. The summed E-state index contributed by atoms with van der Waals surface area (Å²) in [5, 5.41) is 3.17. The fourth-order valence-corrected chi connectivity index (χ4v) is 7.95. The van der Waals surface area contributed by atoms with Gasteiger partial charge in [0, 0.05) is 55.2 Å². The van der Waals surface area contributed by atoms with Gasteiger partial charge in [-0.25, -0.2) is 19.7 Å². The highest BCUT2D eigenvalue weighted by atomic mass is 16.6. The molecule has 8 rings (SSSR count). The number of nitrogen functional groups attached to an aromatic ring is 1. The molecular formula is C41H46N8O3. The number of carbonyl (C=O) groups is 2. The van der Waals surface area contributed by atoms with Crippen LogP contribution >= 0.6 is 0 Å². The third-order valence-corrected chi connectivity index (χ3v) is 10.7. The maximum Gasteiger partial charge on any atom is 0.408 e. The summed E-state index contributed by atoms with van der Waals surface area (Å²) in [5.41, 5.74) is 12.4. The predicted molar refractivity (Wildman–Crippen MR) is 203 cm³/mol. The number of pyridine rings is 2. The molecule has 11 nitrogen and oxygen atoms in total. The Hall–Kier alpha value is -5.45. The van der Waals surface area contributed by atoms with E-state index < -0.39 is 17.2 Å². The average molecular weight is 699 g/mol. The Morgan fingerprint density at radius 2 is 1.71 bits per heavy atom. The number of hydrogen-bond acceptors (Lipinski definition) is 8. The standard InChI is InChI=1S/C41H46N8O3/c1-40(2,3)52-39(51)46-41(20-7-21-41)28-12-14-30(15-13-28)49-37(32-10-5-22-43-36(32)42)45-34-17-16-33(44-38(34)49)27-8-4-9-31(26-27)47-24-18-29(19-25-47)48-23-6-11-35(48)50/h4-5,8-10,12-17,22,26,29H,6-7,11,18-21,23-25H2,1-3H3,(H2,42,43)(H,46,51). The molecule has 5 aromatic rings. The summed E-state index contributed by atoms with van der Waals surface area (Å²) in [5.74, 6) is 1.34. The van der Waals surface area contributed by atoms with Crippen molar-refractivity contribution in [3.8, 4) is 28.3 Å². The van der Waals surface area contributed by atoms with Crippen LogP contribution < -0.4 is 16.0 Å². The van der Waals surface area contributed by atoms with E-state index in [4.69, 9.17) is 20.4 Å². The van der Waals surface area contributed by atoms with E-state index in [0.717, 1.165) is 91.9 Å². The largest absolute Gasteiger partial charge is 0.444 e. The van der Waals surface area contributed by atoms with E-state index in [9.17, 15) is 9.59 Å². The second-order valence-electron chi connectivity index (χ2n) is 15.3. The van der Waals surface area contributed by atoms with E-state index in [0.29, 0.717) is 41.2 Å². The predicted octanol–water partition coefficient (Wildman–Crippen LogP) is 7.23. The summed E-state index contributed by atoms with van der Waals surface area (Å²) in [7, 11) is 0. The quantitative estimate of drug-likeness (QED) is 0.182. The number of piperidine rings is 1. The number of nitrogens with two attached hydrogens (primary N) is 1. The van der Waals surface area contributed by atoms with Gasteiger partial charge < -0.3 is 25.6 Å². The summed E-state index contributed by atoms with van der Waals surface area (Å²) in [4.78, 5) is 44.3. The van der Waals surface area contributed by atoms with Crippen LogP contribution in [0.25, 0.3) is 39.5 Å². The molecule has 2 aromatic carbocycles. The van der Waals surface area contributed by atoms with Crippen molar-refractivity contribution in [1.29, 1.82) is 0 Å². The lowest BCUT2D eigenvalue weighted by molar-refractivity contribution is -0.130. The number of alkyl carbamates (subject to hydrolysis) is 1. The normalized spacial score (nSPS) is 17.7. The average Bonchev–Trinajstić information content (AvgIpc) is 3.72. The third-order valence-electron chi connectivity index (χ3n) is 10.7. The molecule has 2 aliphatic heterocycles. The fraction of sp³-hybridized carbons (Fsp3) is 0.390. The molecule has 2 saturated heterocycles. The highest BCUT2D eigenvalue weighted by Crippen LogP contribution is 2.42. The van der Waals surface area contributed by atoms with Crippen molar-refractivity contribution in [2.24, 2.45) is 0 Å². The zero-order chi connectivity index (χ0) is 36.0. The van der Waals surface area contributed by atoms with Crippen molar-refractivity contribution in [1.82, 2.24) is 29.7 Å². The summed E-state index contributed by atoms with van der Waals surface area (Å²) in [6.45, 7) is 8.34. The van der Waals surface area contributed by atoms with Gasteiger partial charge in [0.2, 0.25) is 5.91 Å². The minimum atomic E-state index is -0.577. The summed E-state index contributed by atoms with van der Waals surface area (Å²) < 4.78 is 7.65. The Kier molecular flexibility index (Phi) is 8.59. The zero-order valence-electron chi connectivity index (χ0n) is 30.1. The first-order chi connectivity index (χ1) is 25.1. The van der Waals surface area contributed by atoms with E-state index >= 15 is 0 Å². The highest BCUT2D eigenvalue weighted by Gasteiger charge is 2.41. The second-order valence-corrected chi connectivity index (χ2v) is 15.3. The first-order valence-electron chi connectivity index (χ1n) is 18.4. The van der Waals surface area contributed by atoms with Gasteiger partial charge >= 0.3 is 6.09 Å². The summed E-state index contributed by atoms with van der Waals surface area (Å²) >= 11 is 0. The number of aromatic nitrogens is 4. The number of benzene rings is 2. The first kappa shape index (κ1) is 33.7. The number of anilines is 2. The van der Waals surface area contributed by atoms with Crippen LogP contribution in [0.5, 0.6) is 0 Å². The van der Waals surface area contributed by atoms with Crippen molar-refractivity contribution in [2.75, 3.05) is 30.3 Å². The maximum absolute atomic E-state index is 12.8. The maximum atomic E-state index is 12.8. The minimum Gasteiger partial charge on any atom is -0.444 e. The number of likely N-dealkylation sites (tertiary alicyclic amines) is 1. The number of rotatable bonds is 7. The number of ether oxygens (including phenoxy) is 1. The molecular weight excluding hydrogens is 653 g/mol. The number of imidazole rings is 1. The van der Waals surface area contributed by atoms with Crippen LogP contribution in [0.1, 0.15) is 71.3 Å². The van der Waals surface area contributed by atoms with Crippen LogP contribution in [0.15, 0.2) is 79.0 Å². The van der Waals surface area contributed by atoms with Gasteiger partial charge in [-0.2, -0.15) is 0 Å². The zero-order valence-corrected chi connectivity index (χ0v) is 30.1. The molecule has 0 spiro atoms. The number of nitrogens with one attached hydrogen (secondary N) is 1. The Bertz CT molecular complexity index is 2120. The van der Waals surface area contributed by atoms with Crippen LogP contribution in [-0.2, 0) is 15.1 Å². The third kappa shape index (κ3) is 6.44. The molecule has 1 aliphatic carbocycles. The molecule has 0 atom stereocenters. The van der Waals surface area contributed by atoms with Crippen molar-refractivity contribution in [2.45, 2.75) is 82.9 Å². The molecule has 1 saturated carbocycles. The van der Waals surface area contributed by atoms with Gasteiger partial charge in [-0.15, -0.1) is 0 Å². The number of hydrogen-bond donors (Lipinski definition) is 2. The number of nitrogens with zero attached hydrogens (tertiary/aromatic N) is 6. The summed E-state index contributed by atoms with van der Waals surface area (Å²) in [6.07, 6.45) is 7.62. The van der Waals surface area contributed by atoms with Crippen molar-refractivity contribution < 1.29 is 14.3 Å². The second kappa shape index (κ2) is 13.3. The Morgan fingerprint density at radius 1 is 0.923 bits per heavy atom. The van der Waals surface area contributed by atoms with Crippen LogP contribution in [0.4, 0.5) is 16.3 Å². The monoisotopic (exact) mass is 698 g/mol. The van der Waals surface area contributed by atoms with Crippen LogP contribution in [0.3, 0.4) is 0 Å². The summed E-state index contributed by atoms with van der Waals surface area (Å²) in [6, 6.07) is 25.0. The Morgan fingerprint density at radius 3 is 2.38 bits per heavy atom. The van der Waals surface area contributed by atoms with Gasteiger partial charge in [0.1, 0.15) is 16.9 Å². The molecule has 52 heavy (non-hydrogen) atoms. The smallest absolute Gasteiger partial charge is 0.408 e. The molecule has 0 bridgehead atoms. The SMILES string of the molecule is CC(C)(C)OC(=O)NC1(c2ccc(-n3c(-c4cccnc4N)nc4ccc(-c5cccc(N6CCC(N7CCCC7=O)CC6)c5)nc43)cc2)CCC1. The van der Waals surface area contributed by atoms with Gasteiger partial charge in [0.05, 0.1) is 16.8 Å². The van der Waals surface area contributed by atoms with E-state index in [1.807, 2.05) is 49.6 Å². The van der Waals surface area contributed by atoms with Crippen LogP contribution in [0.2, 0.25) is 0 Å². The lowest BCUT2D eigenvalue weighted by atomic mass is 9.72. The number of fused-ring (bicyclic) bond motifs is 1. The number of amides is 2. The van der Waals surface area contributed by atoms with E-state index in [2.05, 4.69) is 68.6 Å². The molecule has 5 heterocycles. The Labute approximate surface area is 304 Å². The molecule has 0 radical (unpaired) electrons. The molecule has 3 aliphatic rings. The van der Waals surface area contributed by atoms with Gasteiger partial charge in [-0.1, -0.05) is 24.3 Å². The van der Waals surface area contributed by atoms with E-state index in [1.165, 1.54) is 0 Å². The molecule has 3 aromatic heterocycles. The highest BCUT2D eigenvalue weighted by molar-refractivity contribution is 5.85. The lowest BCUT2D eigenvalue weighted by Crippen LogP contribution is -2.52. The Balaban J connectivity index is 1.12. The minimum absolute atomic E-state index is 0.309. The van der Waals surface area contributed by atoms with Gasteiger partial charge in [-0.05, 0) is 113 Å². The molecule has 0 unspecified atom stereocenters. The van der Waals surface area contributed by atoms with Gasteiger partial charge in [0.25, 0.3) is 0 Å². The molecule has 2 amide bonds. The topological polar surface area (TPSA) is 132 Å². The van der Waals surface area contributed by atoms with Gasteiger partial charge in [0.15, 0.2) is 11.5 Å². The lowest BCUT2D eigenvalue weighted by Gasteiger charge is -2.43. The van der Waals surface area contributed by atoms with Crippen molar-refractivity contribution >= 4 is 34.7 Å². The van der Waals surface area contributed by atoms with Crippen LogP contribution in [-0.4, -0.2) is 67.7 Å². The van der Waals surface area contributed by atoms with E-state index in [-0.39, 0.29) is 0 Å². The van der Waals surface area contributed by atoms with Crippen LogP contribution in [0, 0.1) is 0 Å². The first-order valence-corrected chi connectivity index (χ1v) is 18.4. The van der Waals surface area contributed by atoms with Crippen molar-refractivity contribution in [3.63, 3.8) is 0 Å². The fourth-order valence-electron chi connectivity index (χ4n) is 7.95.